The van der Waals surface area contributed by atoms with E-state index in [1.165, 1.54) is 6.07 Å². The zero-order valence-corrected chi connectivity index (χ0v) is 23.4. The minimum Gasteiger partial charge on any atom is -0.491 e. The van der Waals surface area contributed by atoms with Crippen LogP contribution >= 0.6 is 31.9 Å². The van der Waals surface area contributed by atoms with Gasteiger partial charge in [0.2, 0.25) is 0 Å². The highest BCUT2D eigenvalue weighted by atomic mass is 79.9. The predicted octanol–water partition coefficient (Wildman–Crippen LogP) is 7.92. The molecule has 0 aliphatic heterocycles. The van der Waals surface area contributed by atoms with E-state index in [0.717, 1.165) is 41.9 Å². The molecule has 0 spiro atoms. The standard InChI is InChI=1S/C25H28Br2N2O5S/c1-18-10-11-22(33-14-6-4-12-26)21(16-18)28-29-25-20-9-3-2-8-19(20)24(35(30,31)32)17-23(25)34-15-7-5-13-27/h2-3,8-11,16-17H,4-7,12-15H2,1H3,(H,30,31,32). The number of fused-ring (bicyclic) bond motifs is 1. The van der Waals surface area contributed by atoms with Crippen molar-refractivity contribution in [2.75, 3.05) is 23.9 Å². The monoisotopic (exact) mass is 626 g/mol. The summed E-state index contributed by atoms with van der Waals surface area (Å²) < 4.78 is 45.9. The Bertz CT molecular complexity index is 1280. The summed E-state index contributed by atoms with van der Waals surface area (Å²) in [5.41, 5.74) is 1.96. The summed E-state index contributed by atoms with van der Waals surface area (Å²) in [5, 5.41) is 11.6. The number of azo groups is 1. The first-order valence-corrected chi connectivity index (χ1v) is 15.0. The zero-order valence-electron chi connectivity index (χ0n) is 19.4. The molecule has 35 heavy (non-hydrogen) atoms. The van der Waals surface area contributed by atoms with Crippen molar-refractivity contribution in [1.82, 2.24) is 0 Å². The second-order valence-corrected chi connectivity index (χ2v) is 10.9. The molecular weight excluding hydrogens is 600 g/mol. The Balaban J connectivity index is 2.07. The number of hydrogen-bond acceptors (Lipinski definition) is 6. The van der Waals surface area contributed by atoms with Crippen molar-refractivity contribution in [1.29, 1.82) is 0 Å². The van der Waals surface area contributed by atoms with Gasteiger partial charge in [-0.2, -0.15) is 8.42 Å². The van der Waals surface area contributed by atoms with E-state index >= 15 is 0 Å². The smallest absolute Gasteiger partial charge is 0.295 e. The third-order valence-electron chi connectivity index (χ3n) is 5.16. The van der Waals surface area contributed by atoms with Crippen molar-refractivity contribution in [2.45, 2.75) is 37.5 Å². The van der Waals surface area contributed by atoms with E-state index in [2.05, 4.69) is 42.1 Å². The van der Waals surface area contributed by atoms with Crippen LogP contribution in [0.25, 0.3) is 10.8 Å². The highest BCUT2D eigenvalue weighted by Gasteiger charge is 2.21. The van der Waals surface area contributed by atoms with Crippen LogP contribution in [0.4, 0.5) is 11.4 Å². The maximum atomic E-state index is 12.1. The fourth-order valence-electron chi connectivity index (χ4n) is 3.42. The molecule has 3 aromatic rings. The highest BCUT2D eigenvalue weighted by molar-refractivity contribution is 9.09. The summed E-state index contributed by atoms with van der Waals surface area (Å²) in [5.74, 6) is 0.856. The van der Waals surface area contributed by atoms with Crippen molar-refractivity contribution in [3.8, 4) is 11.5 Å². The van der Waals surface area contributed by atoms with E-state index in [-0.39, 0.29) is 10.6 Å². The molecule has 3 rings (SSSR count). The number of unbranched alkanes of at least 4 members (excludes halogenated alkanes) is 2. The summed E-state index contributed by atoms with van der Waals surface area (Å²) in [6.45, 7) is 2.89. The third kappa shape index (κ3) is 7.73. The summed E-state index contributed by atoms with van der Waals surface area (Å²) in [6.07, 6.45) is 3.57. The van der Waals surface area contributed by atoms with Crippen LogP contribution in [0.5, 0.6) is 11.5 Å². The first kappa shape index (κ1) is 27.6. The number of hydrogen-bond donors (Lipinski definition) is 1. The van der Waals surface area contributed by atoms with Crippen molar-refractivity contribution in [3.63, 3.8) is 0 Å². The van der Waals surface area contributed by atoms with Crippen LogP contribution in [0.2, 0.25) is 0 Å². The Morgan fingerprint density at radius 2 is 1.46 bits per heavy atom. The van der Waals surface area contributed by atoms with Crippen LogP contribution in [0.1, 0.15) is 31.2 Å². The Labute approximate surface area is 222 Å². The molecule has 10 heteroatoms. The molecule has 0 aliphatic carbocycles. The van der Waals surface area contributed by atoms with Crippen molar-refractivity contribution in [3.05, 3.63) is 54.1 Å². The predicted molar refractivity (Wildman–Crippen MR) is 146 cm³/mol. The van der Waals surface area contributed by atoms with Crippen LogP contribution in [0.15, 0.2) is 63.7 Å². The van der Waals surface area contributed by atoms with Gasteiger partial charge >= 0.3 is 0 Å². The minimum absolute atomic E-state index is 0.228. The fourth-order valence-corrected chi connectivity index (χ4v) is 4.92. The lowest BCUT2D eigenvalue weighted by Crippen LogP contribution is -2.03. The highest BCUT2D eigenvalue weighted by Crippen LogP contribution is 2.41. The molecule has 0 saturated carbocycles. The van der Waals surface area contributed by atoms with Gasteiger partial charge < -0.3 is 9.47 Å². The normalized spacial score (nSPS) is 11.9. The second kappa shape index (κ2) is 13.3. The Kier molecular flexibility index (Phi) is 10.5. The van der Waals surface area contributed by atoms with E-state index in [4.69, 9.17) is 9.47 Å². The molecule has 188 valence electrons. The maximum Gasteiger partial charge on any atom is 0.295 e. The molecule has 0 unspecified atom stereocenters. The summed E-state index contributed by atoms with van der Waals surface area (Å²) in [4.78, 5) is -0.228. The van der Waals surface area contributed by atoms with E-state index in [1.54, 1.807) is 24.3 Å². The van der Waals surface area contributed by atoms with Crippen LogP contribution in [-0.2, 0) is 10.1 Å². The Morgan fingerprint density at radius 1 is 0.829 bits per heavy atom. The van der Waals surface area contributed by atoms with Gasteiger partial charge in [-0.1, -0.05) is 62.2 Å². The molecule has 1 N–H and O–H groups in total. The van der Waals surface area contributed by atoms with E-state index in [9.17, 15) is 13.0 Å². The molecule has 0 bridgehead atoms. The molecule has 0 saturated heterocycles. The first-order valence-electron chi connectivity index (χ1n) is 11.3. The molecule has 0 radical (unpaired) electrons. The first-order chi connectivity index (χ1) is 16.8. The molecule has 0 aromatic heterocycles. The molecule has 0 aliphatic rings. The Hall–Kier alpha value is -2.01. The minimum atomic E-state index is -4.48. The quantitative estimate of drug-likeness (QED) is 0.0898. The fraction of sp³-hybridized carbons (Fsp3) is 0.360. The number of benzene rings is 3. The lowest BCUT2D eigenvalue weighted by atomic mass is 10.1. The topological polar surface area (TPSA) is 97.6 Å². The van der Waals surface area contributed by atoms with Crippen LogP contribution in [0.3, 0.4) is 0 Å². The summed E-state index contributed by atoms with van der Waals surface area (Å²) >= 11 is 6.82. The summed E-state index contributed by atoms with van der Waals surface area (Å²) in [6, 6.07) is 13.8. The Morgan fingerprint density at radius 3 is 2.09 bits per heavy atom. The molecule has 7 nitrogen and oxygen atoms in total. The lowest BCUT2D eigenvalue weighted by Gasteiger charge is -2.14. The number of alkyl halides is 2. The van der Waals surface area contributed by atoms with E-state index < -0.39 is 10.1 Å². The zero-order chi connectivity index (χ0) is 25.3. The molecule has 0 heterocycles. The van der Waals surface area contributed by atoms with Gasteiger partial charge in [0, 0.05) is 27.5 Å². The molecule has 0 fully saturated rings. The average molecular weight is 628 g/mol. The maximum absolute atomic E-state index is 12.1. The third-order valence-corrected chi connectivity index (χ3v) is 7.18. The van der Waals surface area contributed by atoms with Gasteiger partial charge in [0.05, 0.1) is 13.2 Å². The average Bonchev–Trinajstić information content (AvgIpc) is 2.83. The molecule has 0 atom stereocenters. The number of nitrogens with zero attached hydrogens (tertiary/aromatic N) is 2. The molecule has 0 amide bonds. The summed E-state index contributed by atoms with van der Waals surface area (Å²) in [7, 11) is -4.48. The van der Waals surface area contributed by atoms with E-state index in [0.29, 0.717) is 41.1 Å². The van der Waals surface area contributed by atoms with Gasteiger partial charge in [-0.25, -0.2) is 0 Å². The molecular formula is C25H28Br2N2O5S. The van der Waals surface area contributed by atoms with Gasteiger partial charge in [0.1, 0.15) is 27.8 Å². The lowest BCUT2D eigenvalue weighted by molar-refractivity contribution is 0.309. The van der Waals surface area contributed by atoms with Crippen molar-refractivity contribution >= 4 is 64.1 Å². The number of rotatable bonds is 13. The van der Waals surface area contributed by atoms with Crippen molar-refractivity contribution in [2.24, 2.45) is 10.2 Å². The second-order valence-electron chi connectivity index (χ2n) is 7.90. The van der Waals surface area contributed by atoms with Crippen LogP contribution in [0, 0.1) is 6.92 Å². The van der Waals surface area contributed by atoms with Gasteiger partial charge in [0.25, 0.3) is 10.1 Å². The van der Waals surface area contributed by atoms with Crippen molar-refractivity contribution < 1.29 is 22.4 Å². The van der Waals surface area contributed by atoms with Crippen LogP contribution in [-0.4, -0.2) is 36.8 Å². The van der Waals surface area contributed by atoms with Gasteiger partial charge in [-0.15, -0.1) is 10.2 Å². The van der Waals surface area contributed by atoms with E-state index in [1.807, 2.05) is 25.1 Å². The SMILES string of the molecule is Cc1ccc(OCCCCBr)c(N=Nc2c(OCCCCBr)cc(S(=O)(=O)O)c3ccccc23)c1. The van der Waals surface area contributed by atoms with Gasteiger partial charge in [-0.05, 0) is 50.3 Å². The van der Waals surface area contributed by atoms with Gasteiger partial charge in [-0.3, -0.25) is 4.55 Å². The largest absolute Gasteiger partial charge is 0.491 e. The van der Waals surface area contributed by atoms with Gasteiger partial charge in [0.15, 0.2) is 0 Å². The van der Waals surface area contributed by atoms with Crippen LogP contribution < -0.4 is 9.47 Å². The molecule has 3 aromatic carbocycles. The number of aryl methyl sites for hydroxylation is 1. The number of halogens is 2. The number of ether oxygens (including phenoxy) is 2.